The van der Waals surface area contributed by atoms with Crippen molar-refractivity contribution >= 4 is 17.9 Å². The fourth-order valence-electron chi connectivity index (χ4n) is 10.1. The van der Waals surface area contributed by atoms with Crippen molar-refractivity contribution in [3.63, 3.8) is 0 Å². The van der Waals surface area contributed by atoms with Crippen LogP contribution in [0.1, 0.15) is 99.3 Å². The van der Waals surface area contributed by atoms with Crippen LogP contribution in [0.4, 0.5) is 0 Å². The van der Waals surface area contributed by atoms with E-state index in [9.17, 15) is 19.5 Å². The maximum absolute atomic E-state index is 12.3. The number of hydrogen-bond donors (Lipinski definition) is 1. The van der Waals surface area contributed by atoms with Gasteiger partial charge in [-0.25, -0.2) is 0 Å². The summed E-state index contributed by atoms with van der Waals surface area (Å²) in [5, 5.41) is 9.87. The Morgan fingerprint density at radius 1 is 0.892 bits per heavy atom. The van der Waals surface area contributed by atoms with Gasteiger partial charge in [-0.1, -0.05) is 34.1 Å². The monoisotopic (exact) mass is 520 g/mol. The Balaban J connectivity index is 1.55. The predicted octanol–water partition coefficient (Wildman–Crippen LogP) is 5.07. The third-order valence-corrected chi connectivity index (χ3v) is 11.4. The van der Waals surface area contributed by atoms with Crippen LogP contribution in [0.15, 0.2) is 0 Å². The highest BCUT2D eigenvalue weighted by Crippen LogP contribution is 2.71. The molecule has 208 valence electrons. The first kappa shape index (κ1) is 26.9. The normalized spacial score (nSPS) is 48.0. The second-order valence-electron chi connectivity index (χ2n) is 13.8. The molecule has 0 aromatic heterocycles. The number of fused-ring (bicyclic) bond motifs is 8. The summed E-state index contributed by atoms with van der Waals surface area (Å²) in [6, 6.07) is 0. The second-order valence-corrected chi connectivity index (χ2v) is 13.8. The molecule has 2 saturated heterocycles. The Labute approximate surface area is 220 Å². The molecular formula is C29H44O8. The molecule has 10 unspecified atom stereocenters. The van der Waals surface area contributed by atoms with Gasteiger partial charge < -0.3 is 24.1 Å². The third kappa shape index (κ3) is 4.12. The number of hydrogen-bond acceptors (Lipinski definition) is 7. The first-order chi connectivity index (χ1) is 17.2. The molecule has 0 aromatic carbocycles. The molecule has 0 aromatic rings. The molecule has 2 bridgehead atoms. The third-order valence-electron chi connectivity index (χ3n) is 11.4. The summed E-state index contributed by atoms with van der Waals surface area (Å²) in [6.45, 7) is 12.4. The molecule has 0 spiro atoms. The summed E-state index contributed by atoms with van der Waals surface area (Å²) in [7, 11) is 0. The first-order valence-corrected chi connectivity index (χ1v) is 14.1. The van der Waals surface area contributed by atoms with Gasteiger partial charge in [0.15, 0.2) is 11.9 Å². The average Bonchev–Trinajstić information content (AvgIpc) is 3.03. The van der Waals surface area contributed by atoms with E-state index in [-0.39, 0.29) is 22.7 Å². The largest absolute Gasteiger partial charge is 0.481 e. The molecule has 3 aliphatic carbocycles. The number of rotatable bonds is 4. The molecule has 5 rings (SSSR count). The van der Waals surface area contributed by atoms with Gasteiger partial charge in [-0.05, 0) is 78.9 Å². The van der Waals surface area contributed by atoms with E-state index in [0.29, 0.717) is 23.7 Å². The van der Waals surface area contributed by atoms with Gasteiger partial charge in [0.2, 0.25) is 6.29 Å². The Morgan fingerprint density at radius 2 is 1.59 bits per heavy atom. The van der Waals surface area contributed by atoms with Gasteiger partial charge in [-0.15, -0.1) is 0 Å². The van der Waals surface area contributed by atoms with Gasteiger partial charge in [0.25, 0.3) is 0 Å². The van der Waals surface area contributed by atoms with E-state index in [1.54, 1.807) is 0 Å². The molecule has 0 radical (unpaired) electrons. The molecule has 5 fully saturated rings. The van der Waals surface area contributed by atoms with Crippen LogP contribution >= 0.6 is 0 Å². The van der Waals surface area contributed by atoms with E-state index in [0.717, 1.165) is 19.3 Å². The zero-order chi connectivity index (χ0) is 27.0. The van der Waals surface area contributed by atoms with E-state index < -0.39 is 48.6 Å². The van der Waals surface area contributed by atoms with Crippen LogP contribution in [-0.2, 0) is 33.3 Å². The highest BCUT2D eigenvalue weighted by atomic mass is 16.8. The Hall–Kier alpha value is -1.67. The van der Waals surface area contributed by atoms with E-state index >= 15 is 0 Å². The Kier molecular flexibility index (Phi) is 6.50. The Morgan fingerprint density at radius 3 is 2.24 bits per heavy atom. The number of esters is 2. The topological polar surface area (TPSA) is 108 Å². The zero-order valence-corrected chi connectivity index (χ0v) is 23.2. The molecule has 0 amide bonds. The van der Waals surface area contributed by atoms with Crippen molar-refractivity contribution in [3.8, 4) is 0 Å². The Bertz CT molecular complexity index is 962. The minimum atomic E-state index is -1.58. The van der Waals surface area contributed by atoms with Crippen molar-refractivity contribution in [2.45, 2.75) is 124 Å². The second kappa shape index (κ2) is 8.94. The van der Waals surface area contributed by atoms with Crippen LogP contribution < -0.4 is 0 Å². The minimum absolute atomic E-state index is 0.00675. The summed E-state index contributed by atoms with van der Waals surface area (Å²) >= 11 is 0. The molecule has 10 atom stereocenters. The van der Waals surface area contributed by atoms with Crippen LogP contribution in [0, 0.1) is 39.9 Å². The van der Waals surface area contributed by atoms with Gasteiger partial charge in [-0.3, -0.25) is 14.4 Å². The quantitative estimate of drug-likeness (QED) is 0.512. The maximum Gasteiger partial charge on any atom is 0.306 e. The molecular weight excluding hydrogens is 476 g/mol. The molecule has 3 saturated carbocycles. The number of carboxylic acid groups (broad SMARTS) is 1. The molecule has 2 aliphatic heterocycles. The minimum Gasteiger partial charge on any atom is -0.481 e. The van der Waals surface area contributed by atoms with Gasteiger partial charge in [0, 0.05) is 19.8 Å². The van der Waals surface area contributed by atoms with Crippen LogP contribution in [0.2, 0.25) is 0 Å². The number of carbonyl (C=O) groups excluding carboxylic acids is 2. The SMILES string of the molecule is CC(=O)OC1CC2C(CCC3C2(C)CCC2C(C)(C)CCCC23C)C2OC(OC(C)=O)C1(CC(=O)O)O2. The van der Waals surface area contributed by atoms with Gasteiger partial charge in [0.1, 0.15) is 6.10 Å². The van der Waals surface area contributed by atoms with Gasteiger partial charge >= 0.3 is 17.9 Å². The molecule has 1 N–H and O–H groups in total. The zero-order valence-electron chi connectivity index (χ0n) is 23.2. The van der Waals surface area contributed by atoms with Gasteiger partial charge in [0.05, 0.1) is 6.42 Å². The molecule has 5 aliphatic rings. The molecule has 37 heavy (non-hydrogen) atoms. The standard InChI is InChI=1S/C29H44O8/c1-16(30)34-22-14-19-18(24-36-25(35-17(2)31)29(22,37-24)15-23(32)33)8-9-21-27(19,5)13-10-20-26(3,4)11-7-12-28(20,21)6/h18-22,24-25H,7-15H2,1-6H3,(H,32,33). The van der Waals surface area contributed by atoms with Crippen molar-refractivity contribution in [2.24, 2.45) is 39.9 Å². The van der Waals surface area contributed by atoms with Crippen molar-refractivity contribution < 1.29 is 38.4 Å². The van der Waals surface area contributed by atoms with Gasteiger partial charge in [-0.2, -0.15) is 0 Å². The van der Waals surface area contributed by atoms with Crippen LogP contribution in [0.5, 0.6) is 0 Å². The van der Waals surface area contributed by atoms with E-state index in [1.807, 2.05) is 0 Å². The van der Waals surface area contributed by atoms with E-state index in [4.69, 9.17) is 18.9 Å². The number of ether oxygens (including phenoxy) is 4. The van der Waals surface area contributed by atoms with Crippen molar-refractivity contribution in [2.75, 3.05) is 0 Å². The molecule has 2 heterocycles. The summed E-state index contributed by atoms with van der Waals surface area (Å²) in [5.41, 5.74) is -1.03. The fraction of sp³-hybridized carbons (Fsp3) is 0.897. The van der Waals surface area contributed by atoms with Crippen LogP contribution in [-0.4, -0.2) is 47.3 Å². The number of carboxylic acids is 1. The summed E-state index contributed by atoms with van der Waals surface area (Å²) < 4.78 is 24.0. The first-order valence-electron chi connectivity index (χ1n) is 14.1. The summed E-state index contributed by atoms with van der Waals surface area (Å²) in [4.78, 5) is 36.4. The maximum atomic E-state index is 12.3. The summed E-state index contributed by atoms with van der Waals surface area (Å²) in [6.07, 6.45) is 5.12. The molecule has 8 nitrogen and oxygen atoms in total. The highest BCUT2D eigenvalue weighted by Gasteiger charge is 2.69. The number of carbonyl (C=O) groups is 3. The van der Waals surface area contributed by atoms with Crippen molar-refractivity contribution in [1.29, 1.82) is 0 Å². The van der Waals surface area contributed by atoms with E-state index in [2.05, 4.69) is 27.7 Å². The van der Waals surface area contributed by atoms with Crippen molar-refractivity contribution in [1.82, 2.24) is 0 Å². The summed E-state index contributed by atoms with van der Waals surface area (Å²) in [5.74, 6) is -0.883. The lowest BCUT2D eigenvalue weighted by Gasteiger charge is -2.67. The highest BCUT2D eigenvalue weighted by molar-refractivity contribution is 5.70. The molecule has 8 heteroatoms. The van der Waals surface area contributed by atoms with E-state index in [1.165, 1.54) is 39.5 Å². The lowest BCUT2D eigenvalue weighted by Crippen LogP contribution is -2.61. The van der Waals surface area contributed by atoms with Crippen LogP contribution in [0.25, 0.3) is 0 Å². The number of aliphatic carboxylic acids is 1. The lowest BCUT2D eigenvalue weighted by atomic mass is 9.38. The van der Waals surface area contributed by atoms with Crippen LogP contribution in [0.3, 0.4) is 0 Å². The van der Waals surface area contributed by atoms with Crippen molar-refractivity contribution in [3.05, 3.63) is 0 Å². The smallest absolute Gasteiger partial charge is 0.306 e. The fourth-order valence-corrected chi connectivity index (χ4v) is 10.1. The lowest BCUT2D eigenvalue weighted by molar-refractivity contribution is -0.228. The average molecular weight is 521 g/mol. The predicted molar refractivity (Wildman–Crippen MR) is 133 cm³/mol.